The number of carbonyl (C=O) groups excluding carboxylic acids is 1. The van der Waals surface area contributed by atoms with Crippen molar-refractivity contribution in [3.05, 3.63) is 21.6 Å². The van der Waals surface area contributed by atoms with E-state index in [1.165, 1.54) is 7.11 Å². The maximum atomic E-state index is 12.1. The summed E-state index contributed by atoms with van der Waals surface area (Å²) in [5.74, 6) is 0.235. The van der Waals surface area contributed by atoms with E-state index >= 15 is 0 Å². The van der Waals surface area contributed by atoms with E-state index in [9.17, 15) is 4.79 Å². The van der Waals surface area contributed by atoms with Crippen molar-refractivity contribution >= 4 is 39.1 Å². The van der Waals surface area contributed by atoms with Gasteiger partial charge in [0.25, 0.3) is 0 Å². The highest BCUT2D eigenvalue weighted by Crippen LogP contribution is 2.36. The van der Waals surface area contributed by atoms with Gasteiger partial charge in [-0.15, -0.1) is 0 Å². The molecule has 1 atom stereocenters. The standard InChI is InChI=1S/C13H18BrClN2O2/c1-13(2,3)11(16)12(18)17-9-6-7(15)5-8(14)10(9)19-4/h5-6,11H,16H2,1-4H3,(H,17,18)/t11-/m1/s1. The van der Waals surface area contributed by atoms with Crippen molar-refractivity contribution in [2.24, 2.45) is 11.1 Å². The second kappa shape index (κ2) is 6.11. The van der Waals surface area contributed by atoms with Gasteiger partial charge in [0.2, 0.25) is 5.91 Å². The highest BCUT2D eigenvalue weighted by molar-refractivity contribution is 9.10. The van der Waals surface area contributed by atoms with E-state index < -0.39 is 6.04 Å². The van der Waals surface area contributed by atoms with Gasteiger partial charge in [0.1, 0.15) is 0 Å². The maximum absolute atomic E-state index is 12.1. The summed E-state index contributed by atoms with van der Waals surface area (Å²) in [7, 11) is 1.52. The van der Waals surface area contributed by atoms with Gasteiger partial charge in [-0.3, -0.25) is 4.79 Å². The SMILES string of the molecule is COc1c(Br)cc(Cl)cc1NC(=O)[C@@H](N)C(C)(C)C. The first-order chi connectivity index (χ1) is 8.66. The Balaban J connectivity index is 3.03. The van der Waals surface area contributed by atoms with E-state index in [0.717, 1.165) is 0 Å². The molecule has 106 valence electrons. The van der Waals surface area contributed by atoms with Gasteiger partial charge in [0, 0.05) is 5.02 Å². The molecular weight excluding hydrogens is 332 g/mol. The number of rotatable bonds is 3. The zero-order chi connectivity index (χ0) is 14.8. The lowest BCUT2D eigenvalue weighted by Crippen LogP contribution is -2.45. The molecule has 0 unspecified atom stereocenters. The topological polar surface area (TPSA) is 64.3 Å². The summed E-state index contributed by atoms with van der Waals surface area (Å²) < 4.78 is 5.90. The number of hydrogen-bond donors (Lipinski definition) is 2. The third-order valence-corrected chi connectivity index (χ3v) is 3.49. The highest BCUT2D eigenvalue weighted by Gasteiger charge is 2.28. The van der Waals surface area contributed by atoms with Gasteiger partial charge in [0.05, 0.1) is 23.3 Å². The molecule has 0 bridgehead atoms. The molecule has 0 aliphatic rings. The van der Waals surface area contributed by atoms with E-state index in [0.29, 0.717) is 20.9 Å². The number of nitrogens with one attached hydrogen (secondary N) is 1. The molecule has 1 amide bonds. The van der Waals surface area contributed by atoms with Crippen LogP contribution in [0.15, 0.2) is 16.6 Å². The molecule has 0 heterocycles. The molecule has 1 rings (SSSR count). The normalized spacial score (nSPS) is 13.0. The molecule has 0 saturated heterocycles. The Labute approximate surface area is 126 Å². The van der Waals surface area contributed by atoms with Crippen LogP contribution < -0.4 is 15.8 Å². The smallest absolute Gasteiger partial charge is 0.241 e. The van der Waals surface area contributed by atoms with Gasteiger partial charge >= 0.3 is 0 Å². The number of hydrogen-bond acceptors (Lipinski definition) is 3. The third kappa shape index (κ3) is 4.09. The van der Waals surface area contributed by atoms with E-state index in [1.807, 2.05) is 20.8 Å². The van der Waals surface area contributed by atoms with Crippen LogP contribution in [-0.2, 0) is 4.79 Å². The molecule has 3 N–H and O–H groups in total. The first kappa shape index (κ1) is 16.3. The number of amides is 1. The summed E-state index contributed by atoms with van der Waals surface area (Å²) in [6.07, 6.45) is 0. The van der Waals surface area contributed by atoms with Crippen molar-refractivity contribution in [1.82, 2.24) is 0 Å². The van der Waals surface area contributed by atoms with Crippen LogP contribution in [0.5, 0.6) is 5.75 Å². The van der Waals surface area contributed by atoms with Gasteiger partial charge in [-0.25, -0.2) is 0 Å². The second-order valence-corrected chi connectivity index (χ2v) is 6.59. The lowest BCUT2D eigenvalue weighted by molar-refractivity contribution is -0.119. The van der Waals surface area contributed by atoms with Gasteiger partial charge < -0.3 is 15.8 Å². The summed E-state index contributed by atoms with van der Waals surface area (Å²) in [4.78, 5) is 12.1. The van der Waals surface area contributed by atoms with Gasteiger partial charge in [-0.05, 0) is 33.5 Å². The minimum Gasteiger partial charge on any atom is -0.493 e. The second-order valence-electron chi connectivity index (χ2n) is 5.30. The van der Waals surface area contributed by atoms with E-state index in [1.54, 1.807) is 12.1 Å². The Morgan fingerprint density at radius 1 is 1.47 bits per heavy atom. The lowest BCUT2D eigenvalue weighted by Gasteiger charge is -2.26. The van der Waals surface area contributed by atoms with Gasteiger partial charge in [0.15, 0.2) is 5.75 Å². The molecule has 0 aromatic heterocycles. The molecule has 1 aromatic rings. The Hall–Kier alpha value is -0.780. The highest BCUT2D eigenvalue weighted by atomic mass is 79.9. The zero-order valence-corrected chi connectivity index (χ0v) is 13.7. The molecule has 6 heteroatoms. The fourth-order valence-electron chi connectivity index (χ4n) is 1.46. The van der Waals surface area contributed by atoms with Gasteiger partial charge in [-0.1, -0.05) is 32.4 Å². The number of halogens is 2. The first-order valence-electron chi connectivity index (χ1n) is 5.76. The summed E-state index contributed by atoms with van der Waals surface area (Å²) in [5, 5.41) is 3.24. The average Bonchev–Trinajstić information content (AvgIpc) is 2.26. The molecule has 1 aromatic carbocycles. The molecular formula is C13H18BrClN2O2. The number of carbonyl (C=O) groups is 1. The molecule has 0 aliphatic heterocycles. The predicted octanol–water partition coefficient (Wildman–Crippen LogP) is 3.42. The Morgan fingerprint density at radius 3 is 2.53 bits per heavy atom. The van der Waals surface area contributed by atoms with Crippen LogP contribution in [-0.4, -0.2) is 19.1 Å². The number of benzene rings is 1. The van der Waals surface area contributed by atoms with Crippen molar-refractivity contribution in [3.63, 3.8) is 0 Å². The number of ether oxygens (including phenoxy) is 1. The molecule has 0 saturated carbocycles. The first-order valence-corrected chi connectivity index (χ1v) is 6.93. The van der Waals surface area contributed by atoms with Crippen molar-refractivity contribution in [2.75, 3.05) is 12.4 Å². The van der Waals surface area contributed by atoms with E-state index in [2.05, 4.69) is 21.2 Å². The zero-order valence-electron chi connectivity index (χ0n) is 11.4. The van der Waals surface area contributed by atoms with Crippen LogP contribution in [0.3, 0.4) is 0 Å². The third-order valence-electron chi connectivity index (χ3n) is 2.69. The fourth-order valence-corrected chi connectivity index (χ4v) is 2.44. The average molecular weight is 350 g/mol. The van der Waals surface area contributed by atoms with Crippen molar-refractivity contribution in [1.29, 1.82) is 0 Å². The molecule has 0 aliphatic carbocycles. The summed E-state index contributed by atoms with van der Waals surface area (Å²) in [5.41, 5.74) is 6.08. The van der Waals surface area contributed by atoms with Crippen LogP contribution in [0.25, 0.3) is 0 Å². The van der Waals surface area contributed by atoms with E-state index in [-0.39, 0.29) is 11.3 Å². The van der Waals surface area contributed by atoms with Crippen molar-refractivity contribution in [3.8, 4) is 5.75 Å². The molecule has 0 spiro atoms. The monoisotopic (exact) mass is 348 g/mol. The summed E-state index contributed by atoms with van der Waals surface area (Å²) >= 11 is 9.30. The fraction of sp³-hybridized carbons (Fsp3) is 0.462. The lowest BCUT2D eigenvalue weighted by atomic mass is 9.87. The van der Waals surface area contributed by atoms with Crippen LogP contribution in [0, 0.1) is 5.41 Å². The molecule has 19 heavy (non-hydrogen) atoms. The molecule has 4 nitrogen and oxygen atoms in total. The van der Waals surface area contributed by atoms with Crippen molar-refractivity contribution in [2.45, 2.75) is 26.8 Å². The summed E-state index contributed by atoms with van der Waals surface area (Å²) in [6.45, 7) is 5.72. The minimum absolute atomic E-state index is 0.278. The quantitative estimate of drug-likeness (QED) is 0.879. The number of nitrogens with two attached hydrogens (primary N) is 1. The van der Waals surface area contributed by atoms with Gasteiger partial charge in [-0.2, -0.15) is 0 Å². The van der Waals surface area contributed by atoms with Crippen LogP contribution in [0.2, 0.25) is 5.02 Å². The van der Waals surface area contributed by atoms with Crippen LogP contribution >= 0.6 is 27.5 Å². The maximum Gasteiger partial charge on any atom is 0.241 e. The largest absolute Gasteiger partial charge is 0.493 e. The Bertz CT molecular complexity index is 486. The Morgan fingerprint density at radius 2 is 2.05 bits per heavy atom. The molecule has 0 radical (unpaired) electrons. The van der Waals surface area contributed by atoms with Crippen LogP contribution in [0.1, 0.15) is 20.8 Å². The minimum atomic E-state index is -0.630. The molecule has 0 fully saturated rings. The summed E-state index contributed by atoms with van der Waals surface area (Å²) in [6, 6.07) is 2.69. The number of methoxy groups -OCH3 is 1. The number of anilines is 1. The van der Waals surface area contributed by atoms with Crippen LogP contribution in [0.4, 0.5) is 5.69 Å². The predicted molar refractivity (Wildman–Crippen MR) is 81.8 cm³/mol. The van der Waals surface area contributed by atoms with E-state index in [4.69, 9.17) is 22.1 Å². The van der Waals surface area contributed by atoms with Crippen molar-refractivity contribution < 1.29 is 9.53 Å². The Kier molecular flexibility index (Phi) is 5.24.